The molecular formula is C24H28N6O. The molecule has 2 aromatic heterocycles. The van der Waals surface area contributed by atoms with Crippen LogP contribution in [0.3, 0.4) is 0 Å². The van der Waals surface area contributed by atoms with Crippen LogP contribution in [0.5, 0.6) is 0 Å². The Labute approximate surface area is 181 Å². The summed E-state index contributed by atoms with van der Waals surface area (Å²) in [5.41, 5.74) is 4.07. The van der Waals surface area contributed by atoms with E-state index >= 15 is 0 Å². The molecule has 0 bridgehead atoms. The molecular weight excluding hydrogens is 388 g/mol. The number of aryl methyl sites for hydroxylation is 2. The average molecular weight is 417 g/mol. The fourth-order valence-corrected chi connectivity index (χ4v) is 4.43. The summed E-state index contributed by atoms with van der Waals surface area (Å²) in [4.78, 5) is 11.8. The number of aromatic nitrogens is 4. The number of nitrogens with zero attached hydrogens (tertiary/aromatic N) is 5. The van der Waals surface area contributed by atoms with E-state index in [1.54, 1.807) is 0 Å². The van der Waals surface area contributed by atoms with Crippen LogP contribution in [-0.4, -0.2) is 44.0 Å². The number of anilines is 3. The van der Waals surface area contributed by atoms with Gasteiger partial charge in [0.2, 0.25) is 5.95 Å². The van der Waals surface area contributed by atoms with Crippen molar-refractivity contribution >= 4 is 39.3 Å². The summed E-state index contributed by atoms with van der Waals surface area (Å²) in [7, 11) is 4.01. The third-order valence-corrected chi connectivity index (χ3v) is 6.43. The van der Waals surface area contributed by atoms with Gasteiger partial charge in [-0.2, -0.15) is 10.1 Å². The summed E-state index contributed by atoms with van der Waals surface area (Å²) in [5.74, 6) is 1.49. The van der Waals surface area contributed by atoms with Crippen molar-refractivity contribution in [1.29, 1.82) is 0 Å². The summed E-state index contributed by atoms with van der Waals surface area (Å²) >= 11 is 0. The van der Waals surface area contributed by atoms with Crippen LogP contribution in [0, 0.1) is 6.92 Å². The van der Waals surface area contributed by atoms with Gasteiger partial charge in [0, 0.05) is 42.3 Å². The maximum absolute atomic E-state index is 9.80. The van der Waals surface area contributed by atoms with E-state index in [2.05, 4.69) is 46.5 Å². The van der Waals surface area contributed by atoms with Crippen LogP contribution in [0.4, 0.5) is 17.5 Å². The lowest BCUT2D eigenvalue weighted by molar-refractivity contribution is 0.126. The van der Waals surface area contributed by atoms with Gasteiger partial charge >= 0.3 is 0 Å². The molecule has 1 fully saturated rings. The van der Waals surface area contributed by atoms with Crippen LogP contribution in [0.25, 0.3) is 21.8 Å². The number of fused-ring (bicyclic) bond motifs is 2. The minimum Gasteiger partial charge on any atom is -0.393 e. The predicted molar refractivity (Wildman–Crippen MR) is 125 cm³/mol. The van der Waals surface area contributed by atoms with Gasteiger partial charge in [0.15, 0.2) is 0 Å². The van der Waals surface area contributed by atoms with Crippen LogP contribution in [0.2, 0.25) is 0 Å². The van der Waals surface area contributed by atoms with Crippen molar-refractivity contribution in [2.75, 3.05) is 17.3 Å². The van der Waals surface area contributed by atoms with Gasteiger partial charge in [-0.1, -0.05) is 12.1 Å². The van der Waals surface area contributed by atoms with Crippen LogP contribution >= 0.6 is 0 Å². The summed E-state index contributed by atoms with van der Waals surface area (Å²) in [6, 6.07) is 14.7. The van der Waals surface area contributed by atoms with E-state index in [9.17, 15) is 5.11 Å². The Hall–Kier alpha value is -3.19. The Balaban J connectivity index is 1.53. The molecule has 5 rings (SSSR count). The average Bonchev–Trinajstić information content (AvgIpc) is 3.07. The van der Waals surface area contributed by atoms with Crippen molar-refractivity contribution in [3.8, 4) is 0 Å². The smallest absolute Gasteiger partial charge is 0.225 e. The first-order valence-electron chi connectivity index (χ1n) is 10.9. The van der Waals surface area contributed by atoms with E-state index in [0.29, 0.717) is 5.95 Å². The van der Waals surface area contributed by atoms with E-state index < -0.39 is 0 Å². The molecule has 7 nitrogen and oxygen atoms in total. The molecule has 2 N–H and O–H groups in total. The Morgan fingerprint density at radius 3 is 2.58 bits per heavy atom. The quantitative estimate of drug-likeness (QED) is 0.516. The van der Waals surface area contributed by atoms with Crippen LogP contribution in [-0.2, 0) is 7.05 Å². The lowest BCUT2D eigenvalue weighted by Crippen LogP contribution is -2.29. The van der Waals surface area contributed by atoms with Crippen molar-refractivity contribution in [2.24, 2.45) is 7.05 Å². The molecule has 0 aliphatic heterocycles. The number of hydrogen-bond acceptors (Lipinski definition) is 6. The van der Waals surface area contributed by atoms with Crippen molar-refractivity contribution in [1.82, 2.24) is 19.7 Å². The number of benzene rings is 2. The first-order chi connectivity index (χ1) is 15.0. The molecule has 0 unspecified atom stereocenters. The molecule has 0 amide bonds. The van der Waals surface area contributed by atoms with E-state index in [-0.39, 0.29) is 12.1 Å². The number of rotatable bonds is 4. The zero-order valence-electron chi connectivity index (χ0n) is 18.2. The Morgan fingerprint density at radius 2 is 1.77 bits per heavy atom. The highest BCUT2D eigenvalue weighted by Crippen LogP contribution is 2.32. The topological polar surface area (TPSA) is 79.1 Å². The SMILES string of the molecule is Cc1c2ccc(N(C)c3nc(NC4CCC(O)CC4)nc4ccccc34)cc2nn1C. The number of nitrogens with one attached hydrogen (secondary N) is 1. The van der Waals surface area contributed by atoms with E-state index in [0.717, 1.165) is 64.7 Å². The first kappa shape index (κ1) is 19.8. The highest BCUT2D eigenvalue weighted by atomic mass is 16.3. The Kier molecular flexibility index (Phi) is 4.98. The predicted octanol–water partition coefficient (Wildman–Crippen LogP) is 4.31. The van der Waals surface area contributed by atoms with Crippen molar-refractivity contribution < 1.29 is 5.11 Å². The van der Waals surface area contributed by atoms with Crippen LogP contribution in [0.15, 0.2) is 42.5 Å². The molecule has 1 aliphatic rings. The monoisotopic (exact) mass is 416 g/mol. The van der Waals surface area contributed by atoms with E-state index in [1.165, 1.54) is 0 Å². The maximum atomic E-state index is 9.80. The van der Waals surface area contributed by atoms with E-state index in [4.69, 9.17) is 9.97 Å². The molecule has 31 heavy (non-hydrogen) atoms. The largest absolute Gasteiger partial charge is 0.393 e. The summed E-state index contributed by atoms with van der Waals surface area (Å²) < 4.78 is 1.91. The second-order valence-electron chi connectivity index (χ2n) is 8.51. The highest BCUT2D eigenvalue weighted by molar-refractivity contribution is 5.93. The van der Waals surface area contributed by atoms with Gasteiger partial charge in [-0.15, -0.1) is 0 Å². The molecule has 0 spiro atoms. The molecule has 4 aromatic rings. The van der Waals surface area contributed by atoms with E-state index in [1.807, 2.05) is 37.0 Å². The van der Waals surface area contributed by atoms with Gasteiger partial charge < -0.3 is 15.3 Å². The van der Waals surface area contributed by atoms with Gasteiger partial charge in [-0.3, -0.25) is 4.68 Å². The standard InChI is InChI=1S/C24H28N6O/c1-15-19-13-10-17(14-22(19)28-30(15)3)29(2)23-20-6-4-5-7-21(20)26-24(27-23)25-16-8-11-18(31)12-9-16/h4-7,10,13-14,16,18,31H,8-9,11-12H2,1-3H3,(H,25,26,27). The van der Waals surface area contributed by atoms with Crippen molar-refractivity contribution in [3.63, 3.8) is 0 Å². The maximum Gasteiger partial charge on any atom is 0.225 e. The van der Waals surface area contributed by atoms with Gasteiger partial charge in [0.05, 0.1) is 17.1 Å². The molecule has 0 saturated heterocycles. The van der Waals surface area contributed by atoms with Gasteiger partial charge in [0.25, 0.3) is 0 Å². The van der Waals surface area contributed by atoms with Crippen LogP contribution < -0.4 is 10.2 Å². The first-order valence-corrected chi connectivity index (χ1v) is 10.9. The third-order valence-electron chi connectivity index (χ3n) is 6.43. The number of hydrogen-bond donors (Lipinski definition) is 2. The normalized spacial score (nSPS) is 19.1. The third kappa shape index (κ3) is 3.70. The van der Waals surface area contributed by atoms with Gasteiger partial charge in [-0.25, -0.2) is 4.98 Å². The molecule has 2 heterocycles. The molecule has 2 aromatic carbocycles. The zero-order chi connectivity index (χ0) is 21.5. The molecule has 0 radical (unpaired) electrons. The second-order valence-corrected chi connectivity index (χ2v) is 8.51. The Bertz CT molecular complexity index is 1240. The molecule has 0 atom stereocenters. The molecule has 1 saturated carbocycles. The number of para-hydroxylation sites is 1. The molecule has 160 valence electrons. The van der Waals surface area contributed by atoms with Crippen molar-refractivity contribution in [2.45, 2.75) is 44.8 Å². The lowest BCUT2D eigenvalue weighted by Gasteiger charge is -2.27. The van der Waals surface area contributed by atoms with Crippen LogP contribution in [0.1, 0.15) is 31.4 Å². The van der Waals surface area contributed by atoms with Gasteiger partial charge in [-0.05, 0) is 62.9 Å². The summed E-state index contributed by atoms with van der Waals surface area (Å²) in [6.45, 7) is 2.08. The zero-order valence-corrected chi connectivity index (χ0v) is 18.2. The number of aliphatic hydroxyl groups excluding tert-OH is 1. The lowest BCUT2D eigenvalue weighted by atomic mass is 9.93. The molecule has 7 heteroatoms. The summed E-state index contributed by atoms with van der Waals surface area (Å²) in [5, 5.41) is 20.1. The number of aliphatic hydroxyl groups is 1. The fourth-order valence-electron chi connectivity index (χ4n) is 4.43. The summed E-state index contributed by atoms with van der Waals surface area (Å²) in [6.07, 6.45) is 3.32. The second kappa shape index (κ2) is 7.81. The Morgan fingerprint density at radius 1 is 1.00 bits per heavy atom. The van der Waals surface area contributed by atoms with Crippen molar-refractivity contribution in [3.05, 3.63) is 48.2 Å². The minimum atomic E-state index is -0.178. The minimum absolute atomic E-state index is 0.178. The van der Waals surface area contributed by atoms with Gasteiger partial charge in [0.1, 0.15) is 5.82 Å². The molecule has 1 aliphatic carbocycles. The highest BCUT2D eigenvalue weighted by Gasteiger charge is 2.21. The fraction of sp³-hybridized carbons (Fsp3) is 0.375.